The summed E-state index contributed by atoms with van der Waals surface area (Å²) in [5, 5.41) is 5.12. The van der Waals surface area contributed by atoms with Gasteiger partial charge in [-0.05, 0) is 115 Å². The van der Waals surface area contributed by atoms with Crippen LogP contribution in [0.2, 0.25) is 0 Å². The van der Waals surface area contributed by atoms with E-state index in [2.05, 4.69) is 241 Å². The molecule has 0 aliphatic heterocycles. The average molecular weight is 782 g/mol. The predicted molar refractivity (Wildman–Crippen MR) is 259 cm³/mol. The lowest BCUT2D eigenvalue weighted by molar-refractivity contribution is 1.28. The highest BCUT2D eigenvalue weighted by Crippen LogP contribution is 2.44. The van der Waals surface area contributed by atoms with Crippen molar-refractivity contribution in [2.24, 2.45) is 0 Å². The van der Waals surface area contributed by atoms with Crippen molar-refractivity contribution in [1.82, 2.24) is 0 Å². The van der Waals surface area contributed by atoms with Gasteiger partial charge in [0, 0.05) is 37.1 Å². The molecule has 0 saturated carbocycles. The summed E-state index contributed by atoms with van der Waals surface area (Å²) in [6, 6.07) is 86.1. The molecule has 0 aliphatic rings. The van der Waals surface area contributed by atoms with Crippen LogP contribution in [-0.2, 0) is 0 Å². The molecule has 1 heterocycles. The summed E-state index contributed by atoms with van der Waals surface area (Å²) in [5.41, 5.74) is 15.4. The molecule has 1 aromatic heterocycles. The Balaban J connectivity index is 0.992. The summed E-state index contributed by atoms with van der Waals surface area (Å²) in [6.45, 7) is 0. The van der Waals surface area contributed by atoms with E-state index in [0.717, 1.165) is 17.1 Å². The highest BCUT2D eigenvalue weighted by Gasteiger charge is 2.19. The van der Waals surface area contributed by atoms with E-state index in [1.165, 1.54) is 86.6 Å². The monoisotopic (exact) mass is 781 g/mol. The van der Waals surface area contributed by atoms with Crippen LogP contribution in [0.3, 0.4) is 0 Å². The van der Waals surface area contributed by atoms with E-state index < -0.39 is 0 Å². The van der Waals surface area contributed by atoms with Gasteiger partial charge in [0.15, 0.2) is 0 Å². The SMILES string of the molecule is c1ccc(-c2ccc(-c3ccc(N(c4ccc(-c5cccc(-c6cccc7ccccc67)c5)cc4)c4ccccc4-c4ccc5sc6ccccc6c5c4)cc3)cc2)cc1. The molecular weight excluding hydrogens is 743 g/mol. The minimum Gasteiger partial charge on any atom is -0.310 e. The van der Waals surface area contributed by atoms with Crippen molar-refractivity contribution in [3.63, 3.8) is 0 Å². The van der Waals surface area contributed by atoms with Gasteiger partial charge in [0.1, 0.15) is 0 Å². The summed E-state index contributed by atoms with van der Waals surface area (Å²) < 4.78 is 2.62. The molecule has 0 aliphatic carbocycles. The minimum atomic E-state index is 1.10. The quantitative estimate of drug-likeness (QED) is 0.148. The first kappa shape index (κ1) is 35.6. The Morgan fingerprint density at radius 2 is 0.733 bits per heavy atom. The maximum Gasteiger partial charge on any atom is 0.0540 e. The molecule has 0 radical (unpaired) electrons. The number of benzene rings is 10. The zero-order chi connectivity index (χ0) is 39.8. The highest BCUT2D eigenvalue weighted by molar-refractivity contribution is 7.25. The zero-order valence-electron chi connectivity index (χ0n) is 32.9. The third kappa shape index (κ3) is 6.63. The number of rotatable bonds is 8. The second-order valence-electron chi connectivity index (χ2n) is 15.3. The summed E-state index contributed by atoms with van der Waals surface area (Å²) in [6.07, 6.45) is 0. The lowest BCUT2D eigenvalue weighted by Crippen LogP contribution is -2.11. The van der Waals surface area contributed by atoms with Crippen LogP contribution in [0.4, 0.5) is 17.1 Å². The van der Waals surface area contributed by atoms with Crippen LogP contribution >= 0.6 is 11.3 Å². The van der Waals surface area contributed by atoms with Gasteiger partial charge in [0.2, 0.25) is 0 Å². The van der Waals surface area contributed by atoms with Crippen LogP contribution in [-0.4, -0.2) is 0 Å². The van der Waals surface area contributed by atoms with Gasteiger partial charge in [-0.25, -0.2) is 0 Å². The Hall–Kier alpha value is -7.52. The molecule has 11 rings (SSSR count). The van der Waals surface area contributed by atoms with Crippen LogP contribution in [0.25, 0.3) is 86.6 Å². The van der Waals surface area contributed by atoms with Crippen LogP contribution < -0.4 is 4.90 Å². The first-order valence-corrected chi connectivity index (χ1v) is 21.3. The molecule has 0 spiro atoms. The van der Waals surface area contributed by atoms with E-state index in [0.29, 0.717) is 0 Å². The number of para-hydroxylation sites is 1. The summed E-state index contributed by atoms with van der Waals surface area (Å²) >= 11 is 1.86. The largest absolute Gasteiger partial charge is 0.310 e. The lowest BCUT2D eigenvalue weighted by Gasteiger charge is -2.28. The zero-order valence-corrected chi connectivity index (χ0v) is 33.7. The molecule has 2 heteroatoms. The molecule has 0 N–H and O–H groups in total. The summed E-state index contributed by atoms with van der Waals surface area (Å²) in [7, 11) is 0. The van der Waals surface area contributed by atoms with E-state index in [9.17, 15) is 0 Å². The van der Waals surface area contributed by atoms with E-state index in [1.54, 1.807) is 0 Å². The normalized spacial score (nSPS) is 11.3. The Kier molecular flexibility index (Phi) is 9.11. The van der Waals surface area contributed by atoms with E-state index >= 15 is 0 Å². The third-order valence-electron chi connectivity index (χ3n) is 11.7. The van der Waals surface area contributed by atoms with Gasteiger partial charge in [-0.15, -0.1) is 11.3 Å². The van der Waals surface area contributed by atoms with Crippen molar-refractivity contribution < 1.29 is 0 Å². The Labute approximate surface area is 354 Å². The van der Waals surface area contributed by atoms with Gasteiger partial charge in [-0.3, -0.25) is 0 Å². The fourth-order valence-corrected chi connectivity index (χ4v) is 9.76. The molecule has 0 amide bonds. The molecule has 0 unspecified atom stereocenters. The van der Waals surface area contributed by atoms with Crippen LogP contribution in [0.5, 0.6) is 0 Å². The lowest BCUT2D eigenvalue weighted by atomic mass is 9.95. The third-order valence-corrected chi connectivity index (χ3v) is 12.9. The van der Waals surface area contributed by atoms with Crippen molar-refractivity contribution in [2.45, 2.75) is 0 Å². The van der Waals surface area contributed by atoms with Crippen molar-refractivity contribution >= 4 is 59.3 Å². The van der Waals surface area contributed by atoms with Crippen molar-refractivity contribution in [1.29, 1.82) is 0 Å². The molecule has 282 valence electrons. The molecular formula is C58H39NS. The molecule has 1 nitrogen and oxygen atoms in total. The second-order valence-corrected chi connectivity index (χ2v) is 16.4. The predicted octanol–water partition coefficient (Wildman–Crippen LogP) is 17.0. The first-order valence-electron chi connectivity index (χ1n) is 20.5. The molecule has 0 bridgehead atoms. The highest BCUT2D eigenvalue weighted by atomic mass is 32.1. The number of anilines is 3. The first-order chi connectivity index (χ1) is 29.7. The van der Waals surface area contributed by atoms with Crippen molar-refractivity contribution in [3.8, 4) is 55.6 Å². The Bertz CT molecular complexity index is 3280. The maximum atomic E-state index is 2.41. The van der Waals surface area contributed by atoms with Crippen molar-refractivity contribution in [3.05, 3.63) is 237 Å². The average Bonchev–Trinajstić information content (AvgIpc) is 3.71. The minimum absolute atomic E-state index is 1.10. The number of fused-ring (bicyclic) bond motifs is 4. The fourth-order valence-electron chi connectivity index (χ4n) is 8.67. The number of hydrogen-bond donors (Lipinski definition) is 0. The van der Waals surface area contributed by atoms with E-state index in [-0.39, 0.29) is 0 Å². The number of hydrogen-bond acceptors (Lipinski definition) is 2. The van der Waals surface area contributed by atoms with Gasteiger partial charge in [0.25, 0.3) is 0 Å². The Morgan fingerprint density at radius 1 is 0.267 bits per heavy atom. The standard InChI is InChI=1S/C58H39NS/c1-2-12-40(13-3-1)41-24-26-42(27-25-41)43-28-33-49(34-29-43)59(56-22-8-6-19-53(56)48-32-37-58-55(39-48)54-20-7-9-23-57(54)60-58)50-35-30-44(31-36-50)46-16-10-17-47(38-46)52-21-11-15-45-14-4-5-18-51(45)52/h1-39H. The molecule has 0 saturated heterocycles. The van der Waals surface area contributed by atoms with E-state index in [4.69, 9.17) is 0 Å². The van der Waals surface area contributed by atoms with Gasteiger partial charge in [-0.2, -0.15) is 0 Å². The van der Waals surface area contributed by atoms with E-state index in [1.807, 2.05) is 11.3 Å². The van der Waals surface area contributed by atoms with Crippen LogP contribution in [0.1, 0.15) is 0 Å². The molecule has 0 fully saturated rings. The van der Waals surface area contributed by atoms with Gasteiger partial charge >= 0.3 is 0 Å². The maximum absolute atomic E-state index is 2.41. The molecule has 60 heavy (non-hydrogen) atoms. The smallest absolute Gasteiger partial charge is 0.0540 e. The topological polar surface area (TPSA) is 3.24 Å². The van der Waals surface area contributed by atoms with Crippen molar-refractivity contribution in [2.75, 3.05) is 4.90 Å². The Morgan fingerprint density at radius 3 is 1.48 bits per heavy atom. The van der Waals surface area contributed by atoms with Gasteiger partial charge in [-0.1, -0.05) is 182 Å². The number of thiophene rings is 1. The summed E-state index contributed by atoms with van der Waals surface area (Å²) in [5.74, 6) is 0. The van der Waals surface area contributed by atoms with Gasteiger partial charge < -0.3 is 4.90 Å². The summed E-state index contributed by atoms with van der Waals surface area (Å²) in [4.78, 5) is 2.41. The number of nitrogens with zero attached hydrogens (tertiary/aromatic N) is 1. The second kappa shape index (κ2) is 15.3. The molecule has 0 atom stereocenters. The van der Waals surface area contributed by atoms with Crippen LogP contribution in [0, 0.1) is 0 Å². The van der Waals surface area contributed by atoms with Crippen LogP contribution in [0.15, 0.2) is 237 Å². The molecule has 10 aromatic carbocycles. The molecule has 11 aromatic rings. The van der Waals surface area contributed by atoms with Gasteiger partial charge in [0.05, 0.1) is 5.69 Å². The fraction of sp³-hybridized carbons (Fsp3) is 0.